The molecule has 0 bridgehead atoms. The maximum absolute atomic E-state index is 14.6. The lowest BCUT2D eigenvalue weighted by Crippen LogP contribution is -1.88. The molecule has 1 heterocycles. The second kappa shape index (κ2) is 7.00. The van der Waals surface area contributed by atoms with Gasteiger partial charge in [0.1, 0.15) is 0 Å². The fourth-order valence-electron chi connectivity index (χ4n) is 2.89. The molecular weight excluding hydrogens is 372 g/mol. The van der Waals surface area contributed by atoms with Crippen molar-refractivity contribution < 1.29 is 17.6 Å². The van der Waals surface area contributed by atoms with E-state index in [9.17, 15) is 17.6 Å². The van der Waals surface area contributed by atoms with Gasteiger partial charge < -0.3 is 0 Å². The van der Waals surface area contributed by atoms with Gasteiger partial charge in [-0.15, -0.1) is 11.3 Å². The van der Waals surface area contributed by atoms with Crippen LogP contribution in [0.25, 0.3) is 31.8 Å². The highest BCUT2D eigenvalue weighted by molar-refractivity contribution is 7.25. The molecule has 27 heavy (non-hydrogen) atoms. The third kappa shape index (κ3) is 3.15. The Bertz CT molecular complexity index is 1200. The van der Waals surface area contributed by atoms with Crippen LogP contribution in [0.1, 0.15) is 11.1 Å². The van der Waals surface area contributed by atoms with Crippen molar-refractivity contribution in [1.82, 2.24) is 0 Å². The number of hydrogen-bond acceptors (Lipinski definition) is 1. The van der Waals surface area contributed by atoms with Crippen LogP contribution in [0.4, 0.5) is 17.6 Å². The summed E-state index contributed by atoms with van der Waals surface area (Å²) in [6.07, 6.45) is 0. The Hall–Kier alpha value is -2.92. The van der Waals surface area contributed by atoms with E-state index < -0.39 is 23.3 Å². The van der Waals surface area contributed by atoms with Crippen LogP contribution in [-0.4, -0.2) is 0 Å². The molecule has 0 unspecified atom stereocenters. The zero-order valence-electron chi connectivity index (χ0n) is 13.8. The molecule has 0 spiro atoms. The molecule has 0 aliphatic rings. The quantitative estimate of drug-likeness (QED) is 0.248. The lowest BCUT2D eigenvalue weighted by molar-refractivity contribution is 0.519. The number of thiophene rings is 1. The monoisotopic (exact) mass is 384 g/mol. The lowest BCUT2D eigenvalue weighted by atomic mass is 10.1. The average Bonchev–Trinajstić information content (AvgIpc) is 3.10. The van der Waals surface area contributed by atoms with Gasteiger partial charge in [-0.25, -0.2) is 17.6 Å². The van der Waals surface area contributed by atoms with E-state index in [1.54, 1.807) is 12.1 Å². The van der Waals surface area contributed by atoms with Gasteiger partial charge in [0.05, 0.1) is 0 Å². The lowest BCUT2D eigenvalue weighted by Gasteiger charge is -2.03. The highest BCUT2D eigenvalue weighted by Gasteiger charge is 2.20. The molecule has 0 nitrogen and oxygen atoms in total. The third-order valence-corrected chi connectivity index (χ3v) is 5.39. The predicted molar refractivity (Wildman–Crippen MR) is 104 cm³/mol. The maximum atomic E-state index is 14.6. The fraction of sp³-hybridized carbons (Fsp3) is 0. The second-order valence-electron chi connectivity index (χ2n) is 5.93. The molecular formula is C22H12F4S. The molecule has 0 fully saturated rings. The normalized spacial score (nSPS) is 13.6. The summed E-state index contributed by atoms with van der Waals surface area (Å²) in [4.78, 5) is 0. The standard InChI is InChI=1S/C22H12F4S/c23-19(13-6-2-1-3-7-13)21(25)22(26)20(24)14-10-11-18-16(12-14)15-8-4-5-9-17(15)27-18/h1-12H/b21-19+,22-20+. The Balaban J connectivity index is 1.83. The van der Waals surface area contributed by atoms with E-state index in [0.29, 0.717) is 0 Å². The first-order valence-electron chi connectivity index (χ1n) is 8.14. The Morgan fingerprint density at radius 1 is 0.556 bits per heavy atom. The summed E-state index contributed by atoms with van der Waals surface area (Å²) < 4.78 is 59.0. The molecule has 0 amide bonds. The highest BCUT2D eigenvalue weighted by atomic mass is 32.1. The Morgan fingerprint density at radius 2 is 1.15 bits per heavy atom. The van der Waals surface area contributed by atoms with Crippen molar-refractivity contribution in [2.24, 2.45) is 0 Å². The van der Waals surface area contributed by atoms with Crippen molar-refractivity contribution in [3.05, 3.63) is 95.6 Å². The molecule has 4 rings (SSSR count). The number of rotatable bonds is 3. The van der Waals surface area contributed by atoms with Crippen molar-refractivity contribution in [2.45, 2.75) is 0 Å². The van der Waals surface area contributed by atoms with Gasteiger partial charge >= 0.3 is 0 Å². The zero-order valence-corrected chi connectivity index (χ0v) is 14.7. The molecule has 0 saturated heterocycles. The predicted octanol–water partition coefficient (Wildman–Crippen LogP) is 7.97. The van der Waals surface area contributed by atoms with Gasteiger partial charge in [-0.2, -0.15) is 0 Å². The highest BCUT2D eigenvalue weighted by Crippen LogP contribution is 2.37. The van der Waals surface area contributed by atoms with Crippen LogP contribution < -0.4 is 0 Å². The maximum Gasteiger partial charge on any atom is 0.198 e. The summed E-state index contributed by atoms with van der Waals surface area (Å²) in [6, 6.07) is 19.2. The van der Waals surface area contributed by atoms with Gasteiger partial charge in [0, 0.05) is 31.3 Å². The van der Waals surface area contributed by atoms with Gasteiger partial charge in [-0.3, -0.25) is 0 Å². The molecule has 0 N–H and O–H groups in total. The molecule has 4 aromatic rings. The van der Waals surface area contributed by atoms with Crippen molar-refractivity contribution in [2.75, 3.05) is 0 Å². The van der Waals surface area contributed by atoms with Gasteiger partial charge in [-0.1, -0.05) is 54.6 Å². The topological polar surface area (TPSA) is 0 Å². The molecule has 3 aromatic carbocycles. The van der Waals surface area contributed by atoms with Crippen molar-refractivity contribution in [1.29, 1.82) is 0 Å². The van der Waals surface area contributed by atoms with Crippen LogP contribution in [-0.2, 0) is 0 Å². The van der Waals surface area contributed by atoms with Crippen molar-refractivity contribution in [3.8, 4) is 0 Å². The van der Waals surface area contributed by atoms with Crippen LogP contribution in [0.5, 0.6) is 0 Å². The Labute approximate surface area is 156 Å². The SMILES string of the molecule is FC(/C(F)=C(\F)c1ccc2sc3ccccc3c2c1)=C(/F)c1ccccc1. The first-order valence-corrected chi connectivity index (χ1v) is 8.96. The molecule has 0 aliphatic carbocycles. The molecule has 0 radical (unpaired) electrons. The summed E-state index contributed by atoms with van der Waals surface area (Å²) in [7, 11) is 0. The van der Waals surface area contributed by atoms with E-state index in [4.69, 9.17) is 0 Å². The van der Waals surface area contributed by atoms with Crippen LogP contribution in [0.15, 0.2) is 84.5 Å². The second-order valence-corrected chi connectivity index (χ2v) is 7.01. The molecule has 1 aromatic heterocycles. The number of hydrogen-bond donors (Lipinski definition) is 0. The number of fused-ring (bicyclic) bond motifs is 3. The average molecular weight is 384 g/mol. The minimum Gasteiger partial charge on any atom is -0.203 e. The summed E-state index contributed by atoms with van der Waals surface area (Å²) in [5.41, 5.74) is -0.295. The summed E-state index contributed by atoms with van der Waals surface area (Å²) in [6.45, 7) is 0. The third-order valence-electron chi connectivity index (χ3n) is 4.24. The van der Waals surface area contributed by atoms with Crippen LogP contribution in [0, 0.1) is 0 Å². The zero-order chi connectivity index (χ0) is 19.0. The van der Waals surface area contributed by atoms with Gasteiger partial charge in [0.25, 0.3) is 0 Å². The minimum absolute atomic E-state index is 0.139. The number of halogens is 4. The molecule has 0 aliphatic heterocycles. The molecule has 134 valence electrons. The first-order chi connectivity index (χ1) is 13.1. The van der Waals surface area contributed by atoms with E-state index >= 15 is 0 Å². The van der Waals surface area contributed by atoms with Gasteiger partial charge in [0.15, 0.2) is 23.3 Å². The van der Waals surface area contributed by atoms with E-state index in [1.807, 2.05) is 24.3 Å². The van der Waals surface area contributed by atoms with Crippen molar-refractivity contribution in [3.63, 3.8) is 0 Å². The summed E-state index contributed by atoms with van der Waals surface area (Å²) >= 11 is 1.52. The Morgan fingerprint density at radius 3 is 1.89 bits per heavy atom. The summed E-state index contributed by atoms with van der Waals surface area (Å²) in [5, 5.41) is 1.64. The van der Waals surface area contributed by atoms with Crippen LogP contribution in [0.3, 0.4) is 0 Å². The largest absolute Gasteiger partial charge is 0.203 e. The van der Waals surface area contributed by atoms with Crippen LogP contribution >= 0.6 is 11.3 Å². The Kier molecular flexibility index (Phi) is 4.54. The van der Waals surface area contributed by atoms with E-state index in [1.165, 1.54) is 47.7 Å². The van der Waals surface area contributed by atoms with E-state index in [0.717, 1.165) is 20.2 Å². The van der Waals surface area contributed by atoms with Crippen molar-refractivity contribution >= 4 is 43.2 Å². The molecule has 5 heteroatoms. The number of allylic oxidation sites excluding steroid dienone is 2. The molecule has 0 saturated carbocycles. The van der Waals surface area contributed by atoms with E-state index in [2.05, 4.69) is 0 Å². The van der Waals surface area contributed by atoms with Gasteiger partial charge in [-0.05, 0) is 18.2 Å². The van der Waals surface area contributed by atoms with E-state index in [-0.39, 0.29) is 11.1 Å². The minimum atomic E-state index is -1.85. The van der Waals surface area contributed by atoms with Gasteiger partial charge in [0.2, 0.25) is 0 Å². The summed E-state index contributed by atoms with van der Waals surface area (Å²) in [5.74, 6) is -6.58. The number of benzene rings is 3. The van der Waals surface area contributed by atoms with Crippen LogP contribution in [0.2, 0.25) is 0 Å². The first kappa shape index (κ1) is 17.5. The smallest absolute Gasteiger partial charge is 0.198 e. The molecule has 0 atom stereocenters. The fourth-order valence-corrected chi connectivity index (χ4v) is 3.98.